The minimum atomic E-state index is -4.32. The Morgan fingerprint density at radius 2 is 2.17 bits per heavy atom. The molecule has 0 saturated carbocycles. The molecule has 0 fully saturated rings. The van der Waals surface area contributed by atoms with Gasteiger partial charge in [-0.3, -0.25) is 9.36 Å². The molecule has 18 heavy (non-hydrogen) atoms. The third-order valence-electron chi connectivity index (χ3n) is 2.14. The van der Waals surface area contributed by atoms with E-state index in [4.69, 9.17) is 0 Å². The van der Waals surface area contributed by atoms with Crippen LogP contribution in [0.2, 0.25) is 0 Å². The number of aromatic nitrogens is 2. The van der Waals surface area contributed by atoms with Gasteiger partial charge >= 0.3 is 6.18 Å². The van der Waals surface area contributed by atoms with Gasteiger partial charge in [-0.15, -0.1) is 0 Å². The molecule has 0 aliphatic rings. The zero-order chi connectivity index (χ0) is 13.8. The molecule has 1 rings (SSSR count). The van der Waals surface area contributed by atoms with E-state index in [2.05, 4.69) is 25.7 Å². The summed E-state index contributed by atoms with van der Waals surface area (Å²) in [7, 11) is 0. The predicted octanol–water partition coefficient (Wildman–Crippen LogP) is 2.28. The van der Waals surface area contributed by atoms with Gasteiger partial charge in [0.2, 0.25) is 0 Å². The molecule has 0 unspecified atom stereocenters. The molecule has 0 N–H and O–H groups in total. The van der Waals surface area contributed by atoms with Crippen LogP contribution < -0.4 is 5.56 Å². The van der Waals surface area contributed by atoms with Crippen molar-refractivity contribution in [3.63, 3.8) is 0 Å². The van der Waals surface area contributed by atoms with Crippen molar-refractivity contribution in [2.75, 3.05) is 13.2 Å². The third kappa shape index (κ3) is 4.77. The standard InChI is InChI=1S/C10H12BrF3N2O2/c1-7-15-5-8(11)9(17)16(7)3-2-4-18-6-10(12,13)14/h5H,2-4,6H2,1H3. The van der Waals surface area contributed by atoms with Crippen LogP contribution >= 0.6 is 15.9 Å². The number of aryl methyl sites for hydroxylation is 1. The summed E-state index contributed by atoms with van der Waals surface area (Å²) in [6.07, 6.45) is -2.60. The number of alkyl halides is 3. The number of ether oxygens (including phenoxy) is 1. The minimum Gasteiger partial charge on any atom is -0.372 e. The van der Waals surface area contributed by atoms with Crippen LogP contribution in [0.15, 0.2) is 15.5 Å². The molecule has 0 aromatic carbocycles. The maximum absolute atomic E-state index is 11.8. The van der Waals surface area contributed by atoms with Gasteiger partial charge in [-0.1, -0.05) is 0 Å². The van der Waals surface area contributed by atoms with Crippen LogP contribution in [0.1, 0.15) is 12.2 Å². The fourth-order valence-corrected chi connectivity index (χ4v) is 1.64. The zero-order valence-electron chi connectivity index (χ0n) is 9.63. The second kappa shape index (κ2) is 6.33. The van der Waals surface area contributed by atoms with Crippen molar-refractivity contribution in [3.8, 4) is 0 Å². The number of hydrogen-bond acceptors (Lipinski definition) is 3. The lowest BCUT2D eigenvalue weighted by molar-refractivity contribution is -0.174. The lowest BCUT2D eigenvalue weighted by Crippen LogP contribution is -2.25. The van der Waals surface area contributed by atoms with Crippen LogP contribution in [0.4, 0.5) is 13.2 Å². The van der Waals surface area contributed by atoms with Gasteiger partial charge in [-0.05, 0) is 29.3 Å². The van der Waals surface area contributed by atoms with Gasteiger partial charge < -0.3 is 4.74 Å². The Balaban J connectivity index is 2.45. The molecular weight excluding hydrogens is 317 g/mol. The second-order valence-electron chi connectivity index (χ2n) is 3.63. The van der Waals surface area contributed by atoms with Crippen molar-refractivity contribution in [2.24, 2.45) is 0 Å². The quantitative estimate of drug-likeness (QED) is 0.779. The van der Waals surface area contributed by atoms with E-state index in [1.54, 1.807) is 6.92 Å². The monoisotopic (exact) mass is 328 g/mol. The average molecular weight is 329 g/mol. The van der Waals surface area contributed by atoms with Crippen LogP contribution in [0.25, 0.3) is 0 Å². The highest BCUT2D eigenvalue weighted by molar-refractivity contribution is 9.10. The third-order valence-corrected chi connectivity index (χ3v) is 2.68. The molecule has 0 aliphatic carbocycles. The Bertz CT molecular complexity index is 459. The summed E-state index contributed by atoms with van der Waals surface area (Å²) in [5.41, 5.74) is -0.252. The van der Waals surface area contributed by atoms with Crippen molar-refractivity contribution >= 4 is 15.9 Å². The van der Waals surface area contributed by atoms with Gasteiger partial charge in [-0.2, -0.15) is 13.2 Å². The maximum atomic E-state index is 11.8. The molecule has 8 heteroatoms. The number of hydrogen-bond donors (Lipinski definition) is 0. The molecule has 1 heterocycles. The molecule has 0 amide bonds. The van der Waals surface area contributed by atoms with E-state index in [1.165, 1.54) is 10.8 Å². The summed E-state index contributed by atoms with van der Waals surface area (Å²) in [5, 5.41) is 0. The normalized spacial score (nSPS) is 11.8. The summed E-state index contributed by atoms with van der Waals surface area (Å²) in [4.78, 5) is 15.6. The molecule has 102 valence electrons. The molecule has 0 radical (unpaired) electrons. The fraction of sp³-hybridized carbons (Fsp3) is 0.600. The Hall–Kier alpha value is -0.890. The molecule has 0 atom stereocenters. The van der Waals surface area contributed by atoms with E-state index in [0.29, 0.717) is 16.7 Å². The lowest BCUT2D eigenvalue weighted by atomic mass is 10.4. The fourth-order valence-electron chi connectivity index (χ4n) is 1.33. The molecule has 1 aromatic rings. The van der Waals surface area contributed by atoms with Crippen LogP contribution in [0.5, 0.6) is 0 Å². The van der Waals surface area contributed by atoms with Crippen LogP contribution in [-0.4, -0.2) is 28.9 Å². The highest BCUT2D eigenvalue weighted by Gasteiger charge is 2.27. The van der Waals surface area contributed by atoms with E-state index in [0.717, 1.165) is 0 Å². The minimum absolute atomic E-state index is 0.0576. The van der Waals surface area contributed by atoms with E-state index >= 15 is 0 Å². The summed E-state index contributed by atoms with van der Waals surface area (Å²) in [5.74, 6) is 0.513. The van der Waals surface area contributed by atoms with Gasteiger partial charge in [0, 0.05) is 19.3 Å². The van der Waals surface area contributed by atoms with Crippen LogP contribution in [0, 0.1) is 6.92 Å². The van der Waals surface area contributed by atoms with E-state index in [9.17, 15) is 18.0 Å². The predicted molar refractivity (Wildman–Crippen MR) is 62.4 cm³/mol. The first kappa shape index (κ1) is 15.2. The van der Waals surface area contributed by atoms with Gasteiger partial charge in [0.05, 0.1) is 0 Å². The first-order valence-corrected chi connectivity index (χ1v) is 5.97. The highest BCUT2D eigenvalue weighted by atomic mass is 79.9. The molecule has 4 nitrogen and oxygen atoms in total. The van der Waals surface area contributed by atoms with Crippen molar-refractivity contribution in [1.82, 2.24) is 9.55 Å². The average Bonchev–Trinajstić information content (AvgIpc) is 2.26. The Morgan fingerprint density at radius 1 is 1.50 bits per heavy atom. The summed E-state index contributed by atoms with van der Waals surface area (Å²) < 4.78 is 41.5. The van der Waals surface area contributed by atoms with Gasteiger partial charge in [-0.25, -0.2) is 4.98 Å². The molecule has 0 aliphatic heterocycles. The maximum Gasteiger partial charge on any atom is 0.411 e. The first-order chi connectivity index (χ1) is 8.31. The molecule has 1 aromatic heterocycles. The number of nitrogens with zero attached hydrogens (tertiary/aromatic N) is 2. The van der Waals surface area contributed by atoms with E-state index in [1.807, 2.05) is 0 Å². The van der Waals surface area contributed by atoms with Gasteiger partial charge in [0.15, 0.2) is 0 Å². The molecule has 0 bridgehead atoms. The second-order valence-corrected chi connectivity index (χ2v) is 4.49. The first-order valence-electron chi connectivity index (χ1n) is 5.17. The van der Waals surface area contributed by atoms with Gasteiger partial charge in [0.1, 0.15) is 16.9 Å². The topological polar surface area (TPSA) is 44.1 Å². The number of halogens is 4. The van der Waals surface area contributed by atoms with Crippen molar-refractivity contribution in [1.29, 1.82) is 0 Å². The highest BCUT2D eigenvalue weighted by Crippen LogP contribution is 2.14. The van der Waals surface area contributed by atoms with E-state index < -0.39 is 12.8 Å². The van der Waals surface area contributed by atoms with Crippen LogP contribution in [0.3, 0.4) is 0 Å². The van der Waals surface area contributed by atoms with Crippen molar-refractivity contribution in [2.45, 2.75) is 26.1 Å². The number of rotatable bonds is 5. The zero-order valence-corrected chi connectivity index (χ0v) is 11.2. The molecular formula is C10H12BrF3N2O2. The lowest BCUT2D eigenvalue weighted by Gasteiger charge is -2.10. The Labute approximate surface area is 110 Å². The van der Waals surface area contributed by atoms with Crippen molar-refractivity contribution in [3.05, 3.63) is 26.8 Å². The Morgan fingerprint density at radius 3 is 2.78 bits per heavy atom. The SMILES string of the molecule is Cc1ncc(Br)c(=O)n1CCCOCC(F)(F)F. The van der Waals surface area contributed by atoms with Gasteiger partial charge in [0.25, 0.3) is 5.56 Å². The summed E-state index contributed by atoms with van der Waals surface area (Å²) in [6.45, 7) is 0.606. The smallest absolute Gasteiger partial charge is 0.372 e. The van der Waals surface area contributed by atoms with Crippen molar-refractivity contribution < 1.29 is 17.9 Å². The largest absolute Gasteiger partial charge is 0.411 e. The molecule has 0 saturated heterocycles. The summed E-state index contributed by atoms with van der Waals surface area (Å²) in [6, 6.07) is 0. The van der Waals surface area contributed by atoms with E-state index in [-0.39, 0.29) is 18.7 Å². The summed E-state index contributed by atoms with van der Waals surface area (Å²) >= 11 is 3.05. The Kier molecular flexibility index (Phi) is 5.33. The molecule has 0 spiro atoms. The van der Waals surface area contributed by atoms with Crippen LogP contribution in [-0.2, 0) is 11.3 Å².